The summed E-state index contributed by atoms with van der Waals surface area (Å²) in [7, 11) is -3.02. The normalized spacial score (nSPS) is 13.2. The van der Waals surface area contributed by atoms with Gasteiger partial charge in [-0.3, -0.25) is 0 Å². The molecule has 0 heterocycles. The van der Waals surface area contributed by atoms with Gasteiger partial charge in [0.15, 0.2) is 9.84 Å². The lowest BCUT2D eigenvalue weighted by Gasteiger charge is -1.97. The van der Waals surface area contributed by atoms with Crippen molar-refractivity contribution >= 4 is 9.84 Å². The third-order valence-corrected chi connectivity index (χ3v) is 3.13. The van der Waals surface area contributed by atoms with E-state index in [9.17, 15) is 8.42 Å². The monoisotopic (exact) mass is 160 g/mol. The molecule has 0 saturated heterocycles. The van der Waals surface area contributed by atoms with Crippen molar-refractivity contribution in [2.24, 2.45) is 0 Å². The maximum atomic E-state index is 11.0. The highest BCUT2D eigenvalue weighted by Crippen LogP contribution is 2.05. The molecule has 0 fully saturated rings. The Morgan fingerprint density at radius 1 is 1.60 bits per heavy atom. The molecule has 0 spiro atoms. The Morgan fingerprint density at radius 3 is 2.40 bits per heavy atom. The lowest BCUT2D eigenvalue weighted by molar-refractivity contribution is 0.604. The van der Waals surface area contributed by atoms with Crippen LogP contribution in [-0.2, 0) is 9.84 Å². The van der Waals surface area contributed by atoms with Crippen molar-refractivity contribution in [3.63, 3.8) is 0 Å². The SMILES string of the molecule is C=CCS(=O)(=O)/C(C)=C/C. The van der Waals surface area contributed by atoms with E-state index in [2.05, 4.69) is 6.58 Å². The minimum atomic E-state index is -3.02. The average molecular weight is 160 g/mol. The first-order valence-corrected chi connectivity index (χ1v) is 4.66. The van der Waals surface area contributed by atoms with Crippen molar-refractivity contribution in [1.82, 2.24) is 0 Å². The third-order valence-electron chi connectivity index (χ3n) is 1.23. The van der Waals surface area contributed by atoms with Gasteiger partial charge in [0, 0.05) is 4.91 Å². The van der Waals surface area contributed by atoms with Gasteiger partial charge >= 0.3 is 0 Å². The Bertz CT molecular complexity index is 234. The molecule has 0 saturated carbocycles. The van der Waals surface area contributed by atoms with E-state index in [0.29, 0.717) is 4.91 Å². The van der Waals surface area contributed by atoms with Gasteiger partial charge in [-0.15, -0.1) is 6.58 Å². The fourth-order valence-electron chi connectivity index (χ4n) is 0.466. The summed E-state index contributed by atoms with van der Waals surface area (Å²) in [5.74, 6) is 0.0309. The van der Waals surface area contributed by atoms with Crippen molar-refractivity contribution in [2.75, 3.05) is 5.75 Å². The maximum Gasteiger partial charge on any atom is 0.177 e. The summed E-state index contributed by atoms with van der Waals surface area (Å²) in [6, 6.07) is 0. The van der Waals surface area contributed by atoms with Crippen molar-refractivity contribution in [3.05, 3.63) is 23.6 Å². The first-order chi connectivity index (χ1) is 4.54. The molecule has 10 heavy (non-hydrogen) atoms. The molecule has 0 aliphatic heterocycles. The summed E-state index contributed by atoms with van der Waals surface area (Å²) < 4.78 is 22.0. The molecule has 2 nitrogen and oxygen atoms in total. The minimum absolute atomic E-state index is 0.0309. The van der Waals surface area contributed by atoms with Crippen LogP contribution >= 0.6 is 0 Å². The number of hydrogen-bond acceptors (Lipinski definition) is 2. The van der Waals surface area contributed by atoms with E-state index in [4.69, 9.17) is 0 Å². The lowest BCUT2D eigenvalue weighted by atomic mass is 10.6. The molecule has 0 aromatic rings. The molecule has 0 N–H and O–H groups in total. The number of allylic oxidation sites excluding steroid dienone is 2. The Labute approximate surface area is 62.2 Å². The smallest absolute Gasteiger partial charge is 0.177 e. The Kier molecular flexibility index (Phi) is 3.36. The van der Waals surface area contributed by atoms with Crippen molar-refractivity contribution < 1.29 is 8.42 Å². The highest BCUT2D eigenvalue weighted by Gasteiger charge is 2.08. The van der Waals surface area contributed by atoms with Gasteiger partial charge in [0.2, 0.25) is 0 Å². The van der Waals surface area contributed by atoms with Crippen molar-refractivity contribution in [3.8, 4) is 0 Å². The van der Waals surface area contributed by atoms with Crippen LogP contribution in [0.3, 0.4) is 0 Å². The van der Waals surface area contributed by atoms with Gasteiger partial charge in [-0.25, -0.2) is 8.42 Å². The molecular weight excluding hydrogens is 148 g/mol. The number of sulfone groups is 1. The molecule has 0 aliphatic carbocycles. The van der Waals surface area contributed by atoms with E-state index in [0.717, 1.165) is 0 Å². The van der Waals surface area contributed by atoms with Crippen molar-refractivity contribution in [1.29, 1.82) is 0 Å². The van der Waals surface area contributed by atoms with E-state index in [1.54, 1.807) is 19.9 Å². The Balaban J connectivity index is 4.59. The van der Waals surface area contributed by atoms with Crippen LogP contribution in [0.4, 0.5) is 0 Å². The second-order valence-corrected chi connectivity index (χ2v) is 4.18. The Hall–Kier alpha value is -0.570. The largest absolute Gasteiger partial charge is 0.224 e. The summed E-state index contributed by atoms with van der Waals surface area (Å²) >= 11 is 0. The summed E-state index contributed by atoms with van der Waals surface area (Å²) in [5, 5.41) is 0. The lowest BCUT2D eigenvalue weighted by Crippen LogP contribution is -2.04. The topological polar surface area (TPSA) is 34.1 Å². The van der Waals surface area contributed by atoms with E-state index < -0.39 is 9.84 Å². The summed E-state index contributed by atoms with van der Waals surface area (Å²) in [6.45, 7) is 6.64. The van der Waals surface area contributed by atoms with Crippen LogP contribution in [-0.4, -0.2) is 14.2 Å². The van der Waals surface area contributed by atoms with Gasteiger partial charge in [0.1, 0.15) is 0 Å². The highest BCUT2D eigenvalue weighted by molar-refractivity contribution is 7.95. The van der Waals surface area contributed by atoms with E-state index >= 15 is 0 Å². The fourth-order valence-corrected chi connectivity index (χ4v) is 1.40. The van der Waals surface area contributed by atoms with Crippen LogP contribution in [0.5, 0.6) is 0 Å². The standard InChI is InChI=1S/C7H12O2S/c1-4-6-10(8,9)7(3)5-2/h4-5H,1,6H2,2-3H3/b7-5+. The summed E-state index contributed by atoms with van der Waals surface area (Å²) in [6.07, 6.45) is 2.97. The van der Waals surface area contributed by atoms with Gasteiger partial charge in [-0.05, 0) is 13.8 Å². The Morgan fingerprint density at radius 2 is 2.10 bits per heavy atom. The first-order valence-electron chi connectivity index (χ1n) is 3.01. The molecule has 0 bridgehead atoms. The predicted molar refractivity (Wildman–Crippen MR) is 43.4 cm³/mol. The summed E-state index contributed by atoms with van der Waals surface area (Å²) in [4.78, 5) is 0.410. The molecule has 0 aromatic carbocycles. The molecule has 3 heteroatoms. The summed E-state index contributed by atoms with van der Waals surface area (Å²) in [5.41, 5.74) is 0. The van der Waals surface area contributed by atoms with Crippen LogP contribution < -0.4 is 0 Å². The molecule has 0 aliphatic rings. The highest BCUT2D eigenvalue weighted by atomic mass is 32.2. The van der Waals surface area contributed by atoms with Crippen LogP contribution in [0.25, 0.3) is 0 Å². The van der Waals surface area contributed by atoms with Crippen LogP contribution in [0.15, 0.2) is 23.6 Å². The van der Waals surface area contributed by atoms with Gasteiger partial charge < -0.3 is 0 Å². The molecule has 0 atom stereocenters. The number of hydrogen-bond donors (Lipinski definition) is 0. The molecule has 0 rings (SSSR count). The second-order valence-electron chi connectivity index (χ2n) is 1.97. The molecule has 58 valence electrons. The van der Waals surface area contributed by atoms with Crippen LogP contribution in [0.2, 0.25) is 0 Å². The quantitative estimate of drug-likeness (QED) is 0.586. The van der Waals surface area contributed by atoms with E-state index in [1.807, 2.05) is 0 Å². The van der Waals surface area contributed by atoms with Gasteiger partial charge in [-0.1, -0.05) is 12.2 Å². The third kappa shape index (κ3) is 2.35. The van der Waals surface area contributed by atoms with Gasteiger partial charge in [-0.2, -0.15) is 0 Å². The molecule has 0 unspecified atom stereocenters. The second kappa shape index (κ2) is 3.56. The van der Waals surface area contributed by atoms with E-state index in [1.165, 1.54) is 6.08 Å². The van der Waals surface area contributed by atoms with Crippen LogP contribution in [0.1, 0.15) is 13.8 Å². The molecule has 0 amide bonds. The first kappa shape index (κ1) is 9.43. The molecule has 0 radical (unpaired) electrons. The maximum absolute atomic E-state index is 11.0. The zero-order chi connectivity index (χ0) is 8.20. The number of rotatable bonds is 3. The zero-order valence-corrected chi connectivity index (χ0v) is 7.11. The minimum Gasteiger partial charge on any atom is -0.224 e. The van der Waals surface area contributed by atoms with Crippen LogP contribution in [0, 0.1) is 0 Å². The van der Waals surface area contributed by atoms with Crippen molar-refractivity contribution in [2.45, 2.75) is 13.8 Å². The predicted octanol–water partition coefficient (Wildman–Crippen LogP) is 1.51. The zero-order valence-electron chi connectivity index (χ0n) is 6.29. The molecule has 0 aromatic heterocycles. The van der Waals surface area contributed by atoms with Gasteiger partial charge in [0.25, 0.3) is 0 Å². The fraction of sp³-hybridized carbons (Fsp3) is 0.429. The average Bonchev–Trinajstić information content (AvgIpc) is 1.86. The molecular formula is C7H12O2S. The van der Waals surface area contributed by atoms with E-state index in [-0.39, 0.29) is 5.75 Å². The van der Waals surface area contributed by atoms with Gasteiger partial charge in [0.05, 0.1) is 5.75 Å².